The lowest BCUT2D eigenvalue weighted by Crippen LogP contribution is -2.39. The molecule has 1 amide bonds. The van der Waals surface area contributed by atoms with Crippen molar-refractivity contribution >= 4 is 16.7 Å². The summed E-state index contributed by atoms with van der Waals surface area (Å²) in [4.78, 5) is 32.0. The van der Waals surface area contributed by atoms with E-state index in [1.54, 1.807) is 48.9 Å². The van der Waals surface area contributed by atoms with Crippen LogP contribution in [0.4, 0.5) is 0 Å². The minimum atomic E-state index is -0.298. The van der Waals surface area contributed by atoms with Gasteiger partial charge >= 0.3 is 0 Å². The van der Waals surface area contributed by atoms with Crippen LogP contribution in [0.25, 0.3) is 10.8 Å². The second-order valence-electron chi connectivity index (χ2n) is 7.38. The number of nitrogens with zero attached hydrogens (tertiary/aromatic N) is 4. The smallest absolute Gasteiger partial charge is 0.275 e. The molecule has 0 unspecified atom stereocenters. The molecule has 4 rings (SSSR count). The number of furan rings is 1. The number of amides is 1. The highest BCUT2D eigenvalue weighted by molar-refractivity contribution is 5.84. The van der Waals surface area contributed by atoms with Crippen molar-refractivity contribution in [3.63, 3.8) is 0 Å². The highest BCUT2D eigenvalue weighted by Crippen LogP contribution is 2.17. The maximum atomic E-state index is 13.1. The highest BCUT2D eigenvalue weighted by Gasteiger charge is 2.19. The first-order valence-corrected chi connectivity index (χ1v) is 10.3. The molecule has 8 nitrogen and oxygen atoms in total. The molecule has 0 saturated carbocycles. The van der Waals surface area contributed by atoms with Crippen LogP contribution >= 0.6 is 0 Å². The third-order valence-corrected chi connectivity index (χ3v) is 5.17. The minimum Gasteiger partial charge on any atom is -0.467 e. The maximum Gasteiger partial charge on any atom is 0.275 e. The van der Waals surface area contributed by atoms with Crippen LogP contribution in [-0.2, 0) is 29.0 Å². The van der Waals surface area contributed by atoms with Crippen molar-refractivity contribution in [1.82, 2.24) is 19.7 Å². The zero-order valence-corrected chi connectivity index (χ0v) is 17.8. The molecule has 0 radical (unpaired) electrons. The van der Waals surface area contributed by atoms with Gasteiger partial charge in [0.2, 0.25) is 5.91 Å². The predicted octanol–water partition coefficient (Wildman–Crippen LogP) is 2.65. The fourth-order valence-electron chi connectivity index (χ4n) is 3.55. The number of hydrogen-bond donors (Lipinski definition) is 0. The average molecular weight is 432 g/mol. The second-order valence-corrected chi connectivity index (χ2v) is 7.38. The summed E-state index contributed by atoms with van der Waals surface area (Å²) in [5.74, 6) is 0.418. The molecule has 3 heterocycles. The van der Waals surface area contributed by atoms with E-state index in [4.69, 9.17) is 9.15 Å². The van der Waals surface area contributed by atoms with E-state index in [1.165, 1.54) is 4.68 Å². The summed E-state index contributed by atoms with van der Waals surface area (Å²) in [6.07, 6.45) is 5.55. The molecule has 0 bridgehead atoms. The van der Waals surface area contributed by atoms with E-state index in [2.05, 4.69) is 10.1 Å². The van der Waals surface area contributed by atoms with E-state index in [0.717, 1.165) is 16.6 Å². The summed E-state index contributed by atoms with van der Waals surface area (Å²) < 4.78 is 11.8. The molecule has 4 aromatic rings. The van der Waals surface area contributed by atoms with E-state index in [1.807, 2.05) is 30.3 Å². The number of fused-ring (bicyclic) bond motifs is 1. The molecule has 3 aromatic heterocycles. The molecule has 0 aliphatic carbocycles. The number of rotatable bonds is 9. The van der Waals surface area contributed by atoms with Gasteiger partial charge in [-0.15, -0.1) is 0 Å². The lowest BCUT2D eigenvalue weighted by molar-refractivity contribution is -0.133. The topological polar surface area (TPSA) is 90.5 Å². The highest BCUT2D eigenvalue weighted by atomic mass is 16.5. The Hall–Kier alpha value is -3.78. The molecule has 0 N–H and O–H groups in total. The fourth-order valence-corrected chi connectivity index (χ4v) is 3.55. The van der Waals surface area contributed by atoms with Gasteiger partial charge in [-0.1, -0.05) is 24.3 Å². The van der Waals surface area contributed by atoms with Crippen LogP contribution in [-0.4, -0.2) is 45.8 Å². The molecule has 164 valence electrons. The summed E-state index contributed by atoms with van der Waals surface area (Å²) >= 11 is 0. The molecule has 0 aliphatic rings. The van der Waals surface area contributed by atoms with Crippen molar-refractivity contribution in [2.45, 2.75) is 19.5 Å². The van der Waals surface area contributed by atoms with E-state index in [9.17, 15) is 9.59 Å². The molecule has 1 aromatic carbocycles. The van der Waals surface area contributed by atoms with Gasteiger partial charge < -0.3 is 14.1 Å². The lowest BCUT2D eigenvalue weighted by Gasteiger charge is -2.22. The molecule has 0 saturated heterocycles. The van der Waals surface area contributed by atoms with Gasteiger partial charge in [0.15, 0.2) is 0 Å². The van der Waals surface area contributed by atoms with Crippen molar-refractivity contribution in [3.8, 4) is 0 Å². The van der Waals surface area contributed by atoms with E-state index >= 15 is 0 Å². The van der Waals surface area contributed by atoms with Gasteiger partial charge in [-0.3, -0.25) is 14.6 Å². The van der Waals surface area contributed by atoms with Crippen LogP contribution in [0, 0.1) is 0 Å². The third-order valence-electron chi connectivity index (χ3n) is 5.17. The predicted molar refractivity (Wildman–Crippen MR) is 119 cm³/mol. The van der Waals surface area contributed by atoms with Crippen LogP contribution < -0.4 is 5.56 Å². The zero-order chi connectivity index (χ0) is 22.3. The monoisotopic (exact) mass is 432 g/mol. The van der Waals surface area contributed by atoms with Crippen LogP contribution in [0.3, 0.4) is 0 Å². The van der Waals surface area contributed by atoms with Gasteiger partial charge in [0.1, 0.15) is 12.3 Å². The van der Waals surface area contributed by atoms with Gasteiger partial charge in [0.05, 0.1) is 30.5 Å². The van der Waals surface area contributed by atoms with E-state index in [-0.39, 0.29) is 18.0 Å². The largest absolute Gasteiger partial charge is 0.467 e. The first-order chi connectivity index (χ1) is 15.7. The fraction of sp³-hybridized carbons (Fsp3) is 0.250. The summed E-state index contributed by atoms with van der Waals surface area (Å²) in [5.41, 5.74) is 1.39. The molecule has 0 atom stereocenters. The third kappa shape index (κ3) is 4.92. The van der Waals surface area contributed by atoms with Crippen molar-refractivity contribution in [2.75, 3.05) is 20.3 Å². The molecule has 8 heteroatoms. The molecular formula is C24H24N4O4. The molecule has 32 heavy (non-hydrogen) atoms. The summed E-state index contributed by atoms with van der Waals surface area (Å²) in [6, 6.07) is 14.7. The Morgan fingerprint density at radius 3 is 2.69 bits per heavy atom. The van der Waals surface area contributed by atoms with Crippen molar-refractivity contribution in [2.24, 2.45) is 0 Å². The first kappa shape index (κ1) is 21.5. The SMILES string of the molecule is COCCN(Cc1ccco1)C(=O)Cn1nc(Cc2cccnc2)c2ccccc2c1=O. The number of pyridine rings is 1. The Labute approximate surface area is 185 Å². The van der Waals surface area contributed by atoms with Gasteiger partial charge in [-0.05, 0) is 29.8 Å². The number of benzene rings is 1. The zero-order valence-electron chi connectivity index (χ0n) is 17.8. The van der Waals surface area contributed by atoms with Crippen LogP contribution in [0.1, 0.15) is 17.0 Å². The van der Waals surface area contributed by atoms with Crippen molar-refractivity contribution in [1.29, 1.82) is 0 Å². The van der Waals surface area contributed by atoms with Gasteiger partial charge in [0.25, 0.3) is 5.56 Å². The minimum absolute atomic E-state index is 0.172. The summed E-state index contributed by atoms with van der Waals surface area (Å²) in [6.45, 7) is 0.869. The average Bonchev–Trinajstić information content (AvgIpc) is 3.33. The van der Waals surface area contributed by atoms with Crippen LogP contribution in [0.15, 0.2) is 76.4 Å². The Bertz CT molecular complexity index is 1240. The standard InChI is InChI=1S/C24H24N4O4/c1-31-13-11-27(16-19-7-5-12-32-19)23(29)17-28-24(30)21-9-3-2-8-20(21)22(26-28)14-18-6-4-10-25-15-18/h2-10,12,15H,11,13-14,16-17H2,1H3. The summed E-state index contributed by atoms with van der Waals surface area (Å²) in [5, 5.41) is 5.88. The van der Waals surface area contributed by atoms with Crippen LogP contribution in [0.5, 0.6) is 0 Å². The molecule has 0 aliphatic heterocycles. The second kappa shape index (κ2) is 10.0. The Morgan fingerprint density at radius 2 is 1.97 bits per heavy atom. The number of carbonyl (C=O) groups excluding carboxylic acids is 1. The van der Waals surface area contributed by atoms with Gasteiger partial charge in [-0.25, -0.2) is 4.68 Å². The first-order valence-electron chi connectivity index (χ1n) is 10.3. The lowest BCUT2D eigenvalue weighted by atomic mass is 10.1. The van der Waals surface area contributed by atoms with Crippen molar-refractivity contribution < 1.29 is 13.9 Å². The number of ether oxygens (including phenoxy) is 1. The van der Waals surface area contributed by atoms with Crippen molar-refractivity contribution in [3.05, 3.63) is 94.6 Å². The van der Waals surface area contributed by atoms with E-state index < -0.39 is 0 Å². The maximum absolute atomic E-state index is 13.1. The Morgan fingerprint density at radius 1 is 1.12 bits per heavy atom. The van der Waals surface area contributed by atoms with Gasteiger partial charge in [0, 0.05) is 37.9 Å². The summed E-state index contributed by atoms with van der Waals surface area (Å²) in [7, 11) is 1.58. The van der Waals surface area contributed by atoms with Gasteiger partial charge in [-0.2, -0.15) is 5.10 Å². The molecular weight excluding hydrogens is 408 g/mol. The quantitative estimate of drug-likeness (QED) is 0.404. The number of hydrogen-bond acceptors (Lipinski definition) is 6. The Kier molecular flexibility index (Phi) is 6.72. The van der Waals surface area contributed by atoms with E-state index in [0.29, 0.717) is 37.3 Å². The molecule has 0 fully saturated rings. The number of methoxy groups -OCH3 is 1. The normalized spacial score (nSPS) is 11.0. The molecule has 0 spiro atoms. The van der Waals surface area contributed by atoms with Crippen LogP contribution in [0.2, 0.25) is 0 Å². The number of carbonyl (C=O) groups is 1. The Balaban J connectivity index is 1.65. The number of aromatic nitrogens is 3.